The highest BCUT2D eigenvalue weighted by molar-refractivity contribution is 6.36. The van der Waals surface area contributed by atoms with E-state index in [1.54, 1.807) is 20.3 Å². The van der Waals surface area contributed by atoms with Crippen molar-refractivity contribution in [1.82, 2.24) is 25.5 Å². The van der Waals surface area contributed by atoms with Crippen LogP contribution in [0, 0.1) is 5.92 Å². The van der Waals surface area contributed by atoms with Crippen molar-refractivity contribution in [2.45, 2.75) is 82.1 Å². The summed E-state index contributed by atoms with van der Waals surface area (Å²) >= 11 is 14.0. The first kappa shape index (κ1) is 37.5. The number of carboxylic acids is 1. The molecule has 4 aromatic rings. The number of carbonyl (C=O) groups excluding carboxylic acids is 1. The Hall–Kier alpha value is -4.42. The lowest BCUT2D eigenvalue weighted by molar-refractivity contribution is -0.162. The fourth-order valence-electron chi connectivity index (χ4n) is 8.98. The third-order valence-corrected chi connectivity index (χ3v) is 12.6. The summed E-state index contributed by atoms with van der Waals surface area (Å²) in [5.41, 5.74) is 6.40. The SMILES string of the molecule is COc1nc(-c2cccc(-c3cccc4c3CC[C@@H]4Oc3nc(OC)c(CN4CC5CCC4(C(=O)O)CC5)cc3Cl)c2Cl)ccc1CNC[C@@H]1CCC(=O)N1. The van der Waals surface area contributed by atoms with Crippen molar-refractivity contribution in [2.75, 3.05) is 27.3 Å². The van der Waals surface area contributed by atoms with E-state index in [0.29, 0.717) is 72.3 Å². The number of nitrogens with zero attached hydrogens (tertiary/aromatic N) is 3. The molecule has 288 valence electrons. The Morgan fingerprint density at radius 3 is 2.42 bits per heavy atom. The zero-order chi connectivity index (χ0) is 38.3. The monoisotopic (exact) mass is 785 g/mol. The maximum absolute atomic E-state index is 12.5. The number of aliphatic carboxylic acids is 1. The summed E-state index contributed by atoms with van der Waals surface area (Å²) in [6.45, 7) is 2.36. The summed E-state index contributed by atoms with van der Waals surface area (Å²) < 4.78 is 17.9. The number of hydrogen-bond donors (Lipinski definition) is 3. The molecule has 2 aromatic heterocycles. The number of halogens is 2. The second kappa shape index (κ2) is 15.6. The number of aromatic nitrogens is 2. The predicted molar refractivity (Wildman–Crippen MR) is 210 cm³/mol. The van der Waals surface area contributed by atoms with E-state index < -0.39 is 11.5 Å². The van der Waals surface area contributed by atoms with Crippen molar-refractivity contribution >= 4 is 35.1 Å². The van der Waals surface area contributed by atoms with Crippen molar-refractivity contribution in [3.63, 3.8) is 0 Å². The molecule has 11 nitrogen and oxygen atoms in total. The van der Waals surface area contributed by atoms with Crippen molar-refractivity contribution in [3.05, 3.63) is 86.9 Å². The number of piperidine rings is 2. The Balaban J connectivity index is 1.00. The second-order valence-corrected chi connectivity index (χ2v) is 15.9. The highest BCUT2D eigenvalue weighted by atomic mass is 35.5. The van der Waals surface area contributed by atoms with Crippen LogP contribution < -0.4 is 24.8 Å². The van der Waals surface area contributed by atoms with Gasteiger partial charge in [-0.15, -0.1) is 0 Å². The molecular formula is C42H45Cl2N5O6. The lowest BCUT2D eigenvalue weighted by Crippen LogP contribution is -2.62. The van der Waals surface area contributed by atoms with Crippen molar-refractivity contribution < 1.29 is 28.9 Å². The number of carbonyl (C=O) groups is 2. The molecule has 2 aromatic carbocycles. The number of benzene rings is 2. The van der Waals surface area contributed by atoms with E-state index in [1.807, 2.05) is 36.4 Å². The van der Waals surface area contributed by atoms with Gasteiger partial charge in [0.2, 0.25) is 23.5 Å². The van der Waals surface area contributed by atoms with Gasteiger partial charge >= 0.3 is 5.97 Å². The lowest BCUT2D eigenvalue weighted by atomic mass is 9.70. The summed E-state index contributed by atoms with van der Waals surface area (Å²) in [7, 11) is 3.17. The van der Waals surface area contributed by atoms with Crippen LogP contribution in [-0.2, 0) is 29.1 Å². The quantitative estimate of drug-likeness (QED) is 0.126. The molecule has 3 aliphatic heterocycles. The van der Waals surface area contributed by atoms with Gasteiger partial charge in [-0.1, -0.05) is 65.7 Å². The molecule has 2 bridgehead atoms. The standard InChI is InChI=1S/C42H45Cl2N5O6/c1-53-38-25(20-45-21-27-10-14-36(50)46-27)9-12-34(47-38)32-8-4-7-31(37(32)44)28-5-3-6-30-29(28)11-13-35(30)55-40-33(43)19-26(39(48-40)54-2)23-49-22-24-15-17-42(49,18-16-24)41(51)52/h3-9,12,19,24,27,35,45H,10-11,13-18,20-23H2,1-2H3,(H,46,50)(H,51,52)/t24?,27-,35-,42?/m0/s1. The Morgan fingerprint density at radius 2 is 1.67 bits per heavy atom. The minimum atomic E-state index is -0.863. The van der Waals surface area contributed by atoms with Gasteiger partial charge in [0.25, 0.3) is 0 Å². The normalized spacial score (nSPS) is 23.1. The molecule has 0 spiro atoms. The molecule has 3 saturated heterocycles. The van der Waals surface area contributed by atoms with Crippen LogP contribution in [0.15, 0.2) is 54.6 Å². The molecule has 2 aliphatic carbocycles. The van der Waals surface area contributed by atoms with Crippen LogP contribution in [-0.4, -0.2) is 70.7 Å². The second-order valence-electron chi connectivity index (χ2n) is 15.1. The molecule has 0 radical (unpaired) electrons. The van der Waals surface area contributed by atoms with Gasteiger partial charge in [0, 0.05) is 60.9 Å². The predicted octanol–water partition coefficient (Wildman–Crippen LogP) is 7.40. The van der Waals surface area contributed by atoms with E-state index in [1.165, 1.54) is 0 Å². The number of amides is 1. The average molecular weight is 787 g/mol. The molecule has 5 aliphatic rings. The fraction of sp³-hybridized carbons (Fsp3) is 0.429. The smallest absolute Gasteiger partial charge is 0.324 e. The third-order valence-electron chi connectivity index (χ3n) is 11.9. The number of nitrogens with one attached hydrogen (secondary N) is 2. The average Bonchev–Trinajstić information content (AvgIpc) is 3.81. The van der Waals surface area contributed by atoms with Gasteiger partial charge in [-0.3, -0.25) is 14.5 Å². The largest absolute Gasteiger partial charge is 0.481 e. The number of hydrogen-bond acceptors (Lipinski definition) is 9. The number of fused-ring (bicyclic) bond motifs is 4. The van der Waals surface area contributed by atoms with Gasteiger partial charge in [-0.2, -0.15) is 4.98 Å². The zero-order valence-corrected chi connectivity index (χ0v) is 32.5. The molecule has 1 amide bonds. The number of carboxylic acid groups (broad SMARTS) is 1. The van der Waals surface area contributed by atoms with Crippen molar-refractivity contribution in [2.24, 2.45) is 5.92 Å². The van der Waals surface area contributed by atoms with Crippen LogP contribution in [0.1, 0.15) is 73.3 Å². The van der Waals surface area contributed by atoms with Crippen LogP contribution in [0.2, 0.25) is 10.0 Å². The van der Waals surface area contributed by atoms with E-state index >= 15 is 0 Å². The van der Waals surface area contributed by atoms with E-state index in [-0.39, 0.29) is 23.9 Å². The van der Waals surface area contributed by atoms with Gasteiger partial charge in [0.15, 0.2) is 0 Å². The molecular weight excluding hydrogens is 741 g/mol. The number of rotatable bonds is 13. The van der Waals surface area contributed by atoms with Gasteiger partial charge in [-0.05, 0) is 79.7 Å². The van der Waals surface area contributed by atoms with Crippen LogP contribution in [0.3, 0.4) is 0 Å². The molecule has 2 atom stereocenters. The molecule has 13 heteroatoms. The molecule has 3 N–H and O–H groups in total. The summed E-state index contributed by atoms with van der Waals surface area (Å²) in [6, 6.07) is 18.1. The molecule has 5 heterocycles. The molecule has 4 fully saturated rings. The summed E-state index contributed by atoms with van der Waals surface area (Å²) in [5, 5.41) is 17.6. The summed E-state index contributed by atoms with van der Waals surface area (Å²) in [6.07, 6.45) is 5.80. The first-order chi connectivity index (χ1) is 26.7. The van der Waals surface area contributed by atoms with Gasteiger partial charge < -0.3 is 30.0 Å². The maximum atomic E-state index is 12.5. The first-order valence-corrected chi connectivity index (χ1v) is 19.8. The number of pyridine rings is 2. The zero-order valence-electron chi connectivity index (χ0n) is 31.0. The van der Waals surface area contributed by atoms with E-state index in [4.69, 9.17) is 47.4 Å². The van der Waals surface area contributed by atoms with E-state index in [9.17, 15) is 14.7 Å². The Labute approximate surface area is 330 Å². The number of methoxy groups -OCH3 is 2. The minimum absolute atomic E-state index is 0.0993. The van der Waals surface area contributed by atoms with Gasteiger partial charge in [-0.25, -0.2) is 4.98 Å². The van der Waals surface area contributed by atoms with Crippen molar-refractivity contribution in [3.8, 4) is 40.0 Å². The lowest BCUT2D eigenvalue weighted by Gasteiger charge is -2.52. The highest BCUT2D eigenvalue weighted by Gasteiger charge is 2.51. The summed E-state index contributed by atoms with van der Waals surface area (Å²) in [5.74, 6) is 1.01. The van der Waals surface area contributed by atoms with Crippen LogP contribution in [0.5, 0.6) is 17.6 Å². The molecule has 9 rings (SSSR count). The minimum Gasteiger partial charge on any atom is -0.481 e. The third kappa shape index (κ3) is 7.23. The van der Waals surface area contributed by atoms with Crippen molar-refractivity contribution in [1.29, 1.82) is 0 Å². The highest BCUT2D eigenvalue weighted by Crippen LogP contribution is 2.47. The molecule has 1 saturated carbocycles. The van der Waals surface area contributed by atoms with Crippen LogP contribution in [0.4, 0.5) is 0 Å². The Kier molecular flexibility index (Phi) is 10.6. The Bertz CT molecular complexity index is 2120. The topological polar surface area (TPSA) is 135 Å². The fourth-order valence-corrected chi connectivity index (χ4v) is 9.53. The van der Waals surface area contributed by atoms with E-state index in [0.717, 1.165) is 77.6 Å². The van der Waals surface area contributed by atoms with E-state index in [2.05, 4.69) is 27.7 Å². The van der Waals surface area contributed by atoms with Crippen LogP contribution >= 0.6 is 23.2 Å². The summed E-state index contributed by atoms with van der Waals surface area (Å²) in [4.78, 5) is 35.6. The van der Waals surface area contributed by atoms with Gasteiger partial charge in [0.1, 0.15) is 16.7 Å². The number of ether oxygens (including phenoxy) is 3. The molecule has 55 heavy (non-hydrogen) atoms. The van der Waals surface area contributed by atoms with Crippen LogP contribution in [0.25, 0.3) is 22.4 Å². The Morgan fingerprint density at radius 1 is 0.927 bits per heavy atom. The maximum Gasteiger partial charge on any atom is 0.324 e. The first-order valence-electron chi connectivity index (χ1n) is 19.0. The molecule has 0 unspecified atom stereocenters. The van der Waals surface area contributed by atoms with Gasteiger partial charge in [0.05, 0.1) is 24.9 Å².